The summed E-state index contributed by atoms with van der Waals surface area (Å²) in [6.07, 6.45) is -5.02. The smallest absolute Gasteiger partial charge is 0.305 e. The van der Waals surface area contributed by atoms with Crippen molar-refractivity contribution >= 4 is 27.5 Å². The lowest BCUT2D eigenvalue weighted by Crippen LogP contribution is -2.38. The second-order valence-electron chi connectivity index (χ2n) is 2.96. The fraction of sp³-hybridized carbons (Fsp3) is 0.222. The Morgan fingerprint density at radius 1 is 1.38 bits per heavy atom. The van der Waals surface area contributed by atoms with Gasteiger partial charge in [-0.05, 0) is 18.2 Å². The van der Waals surface area contributed by atoms with E-state index in [1.807, 2.05) is 0 Å². The molecule has 0 aliphatic rings. The molecule has 0 aliphatic carbocycles. The maximum atomic E-state index is 13.2. The molecule has 1 aromatic rings. The lowest BCUT2D eigenvalue weighted by Gasteiger charge is -2.19. The maximum Gasteiger partial charge on any atom is 0.471 e. The van der Waals surface area contributed by atoms with Crippen molar-refractivity contribution in [3.05, 3.63) is 28.5 Å². The number of halogens is 5. The average Bonchev–Trinajstić information content (AvgIpc) is 2.18. The Bertz CT molecular complexity index is 418. The van der Waals surface area contributed by atoms with Gasteiger partial charge in [-0.1, -0.05) is 15.9 Å². The average molecular weight is 300 g/mol. The van der Waals surface area contributed by atoms with Gasteiger partial charge >= 0.3 is 12.1 Å². The summed E-state index contributed by atoms with van der Waals surface area (Å²) in [6.45, 7) is 0. The number of nitrogens with zero attached hydrogens (tertiary/aromatic N) is 1. The van der Waals surface area contributed by atoms with E-state index in [0.717, 1.165) is 19.2 Å². The summed E-state index contributed by atoms with van der Waals surface area (Å²) < 4.78 is 49.8. The van der Waals surface area contributed by atoms with Gasteiger partial charge in [0.25, 0.3) is 0 Å². The van der Waals surface area contributed by atoms with Crippen LogP contribution in [0, 0.1) is 5.82 Å². The molecule has 0 fully saturated rings. The zero-order chi connectivity index (χ0) is 12.5. The molecule has 0 heterocycles. The lowest BCUT2D eigenvalue weighted by atomic mass is 10.3. The molecule has 0 radical (unpaired) electrons. The molecule has 0 bridgehead atoms. The van der Waals surface area contributed by atoms with E-state index in [9.17, 15) is 22.4 Å². The quantitative estimate of drug-likeness (QED) is 0.730. The molecule has 0 N–H and O–H groups in total. The van der Waals surface area contributed by atoms with Gasteiger partial charge in [0.1, 0.15) is 5.82 Å². The molecule has 0 saturated carbocycles. The third-order valence-corrected chi connectivity index (χ3v) is 2.31. The highest BCUT2D eigenvalue weighted by molar-refractivity contribution is 9.10. The molecule has 2 nitrogen and oxygen atoms in total. The minimum absolute atomic E-state index is 0.222. The molecule has 1 amide bonds. The van der Waals surface area contributed by atoms with Crippen molar-refractivity contribution in [2.75, 3.05) is 11.9 Å². The number of rotatable bonds is 1. The number of amides is 1. The molecule has 0 spiro atoms. The molecule has 0 aromatic heterocycles. The Labute approximate surface area is 97.0 Å². The van der Waals surface area contributed by atoms with E-state index in [1.54, 1.807) is 0 Å². The van der Waals surface area contributed by atoms with Crippen molar-refractivity contribution in [2.24, 2.45) is 0 Å². The van der Waals surface area contributed by atoms with Gasteiger partial charge < -0.3 is 4.90 Å². The van der Waals surface area contributed by atoms with Crippen LogP contribution in [-0.2, 0) is 4.79 Å². The van der Waals surface area contributed by atoms with Gasteiger partial charge in [-0.25, -0.2) is 4.39 Å². The zero-order valence-corrected chi connectivity index (χ0v) is 9.56. The Hall–Kier alpha value is -1.11. The van der Waals surface area contributed by atoms with Crippen LogP contribution in [0.15, 0.2) is 22.7 Å². The standard InChI is InChI=1S/C9H6BrF4NO/c1-15(8(16)9(12,13)14)7-4-5(10)2-3-6(7)11/h2-4H,1H3. The number of alkyl halides is 3. The van der Waals surface area contributed by atoms with Crippen molar-refractivity contribution in [2.45, 2.75) is 6.18 Å². The summed E-state index contributed by atoms with van der Waals surface area (Å²) >= 11 is 2.98. The van der Waals surface area contributed by atoms with Crippen LogP contribution in [0.5, 0.6) is 0 Å². The summed E-state index contributed by atoms with van der Waals surface area (Å²) in [5.41, 5.74) is -0.434. The fourth-order valence-corrected chi connectivity index (χ4v) is 1.39. The molecule has 0 aliphatic heterocycles. The van der Waals surface area contributed by atoms with Crippen molar-refractivity contribution in [1.82, 2.24) is 0 Å². The van der Waals surface area contributed by atoms with Crippen LogP contribution in [0.25, 0.3) is 0 Å². The summed E-state index contributed by atoms with van der Waals surface area (Å²) in [4.78, 5) is 11.1. The van der Waals surface area contributed by atoms with Crippen LogP contribution in [0.3, 0.4) is 0 Å². The van der Waals surface area contributed by atoms with Gasteiger partial charge in [-0.3, -0.25) is 4.79 Å². The summed E-state index contributed by atoms with van der Waals surface area (Å²) in [7, 11) is 0.862. The Kier molecular flexibility index (Phi) is 3.57. The van der Waals surface area contributed by atoms with Crippen molar-refractivity contribution in [3.8, 4) is 0 Å². The Balaban J connectivity index is 3.10. The molecular weight excluding hydrogens is 294 g/mol. The summed E-state index contributed by atoms with van der Waals surface area (Å²) in [6, 6.07) is 3.39. The number of hydrogen-bond donors (Lipinski definition) is 0. The first-order valence-corrected chi connectivity index (χ1v) is 4.82. The van der Waals surface area contributed by atoms with Gasteiger partial charge in [-0.15, -0.1) is 0 Å². The van der Waals surface area contributed by atoms with E-state index < -0.39 is 23.6 Å². The predicted octanol–water partition coefficient (Wildman–Crippen LogP) is 3.11. The van der Waals surface area contributed by atoms with Crippen molar-refractivity contribution < 1.29 is 22.4 Å². The fourth-order valence-electron chi connectivity index (χ4n) is 1.04. The topological polar surface area (TPSA) is 20.3 Å². The number of anilines is 1. The molecule has 1 aromatic carbocycles. The third kappa shape index (κ3) is 2.72. The summed E-state index contributed by atoms with van der Waals surface area (Å²) in [5, 5.41) is 0. The van der Waals surface area contributed by atoms with Crippen LogP contribution in [0.1, 0.15) is 0 Å². The van der Waals surface area contributed by atoms with E-state index >= 15 is 0 Å². The van der Waals surface area contributed by atoms with E-state index in [2.05, 4.69) is 15.9 Å². The second kappa shape index (κ2) is 4.40. The highest BCUT2D eigenvalue weighted by Crippen LogP contribution is 2.27. The van der Waals surface area contributed by atoms with Crippen LogP contribution in [0.4, 0.5) is 23.2 Å². The van der Waals surface area contributed by atoms with Gasteiger partial charge in [0.05, 0.1) is 5.69 Å². The molecular formula is C9H6BrF4NO. The van der Waals surface area contributed by atoms with Gasteiger partial charge in [0.2, 0.25) is 0 Å². The largest absolute Gasteiger partial charge is 0.471 e. The van der Waals surface area contributed by atoms with Crippen molar-refractivity contribution in [1.29, 1.82) is 0 Å². The second-order valence-corrected chi connectivity index (χ2v) is 3.87. The van der Waals surface area contributed by atoms with Gasteiger partial charge in [0.15, 0.2) is 0 Å². The molecule has 7 heteroatoms. The zero-order valence-electron chi connectivity index (χ0n) is 7.98. The Morgan fingerprint density at radius 2 is 1.94 bits per heavy atom. The number of hydrogen-bond acceptors (Lipinski definition) is 1. The van der Waals surface area contributed by atoms with E-state index in [0.29, 0.717) is 4.47 Å². The first kappa shape index (κ1) is 13.0. The molecule has 88 valence electrons. The van der Waals surface area contributed by atoms with Gasteiger partial charge in [-0.2, -0.15) is 13.2 Å². The van der Waals surface area contributed by atoms with Gasteiger partial charge in [0, 0.05) is 11.5 Å². The normalized spacial score (nSPS) is 11.4. The first-order valence-electron chi connectivity index (χ1n) is 4.03. The highest BCUT2D eigenvalue weighted by atomic mass is 79.9. The number of carbonyl (C=O) groups is 1. The van der Waals surface area contributed by atoms with Crippen molar-refractivity contribution in [3.63, 3.8) is 0 Å². The third-order valence-electron chi connectivity index (χ3n) is 1.82. The molecule has 0 saturated heterocycles. The molecule has 0 unspecified atom stereocenters. The van der Waals surface area contributed by atoms with Crippen LogP contribution in [-0.4, -0.2) is 19.1 Å². The number of carbonyl (C=O) groups excluding carboxylic acids is 1. The number of benzene rings is 1. The minimum atomic E-state index is -5.02. The van der Waals surface area contributed by atoms with Crippen LogP contribution >= 0.6 is 15.9 Å². The van der Waals surface area contributed by atoms with Crippen LogP contribution < -0.4 is 4.90 Å². The maximum absolute atomic E-state index is 13.2. The van der Waals surface area contributed by atoms with E-state index in [1.165, 1.54) is 6.07 Å². The molecule has 16 heavy (non-hydrogen) atoms. The summed E-state index contributed by atoms with van der Waals surface area (Å²) in [5.74, 6) is -3.02. The monoisotopic (exact) mass is 299 g/mol. The highest BCUT2D eigenvalue weighted by Gasteiger charge is 2.42. The van der Waals surface area contributed by atoms with E-state index in [4.69, 9.17) is 0 Å². The lowest BCUT2D eigenvalue weighted by molar-refractivity contribution is -0.170. The SMILES string of the molecule is CN(C(=O)C(F)(F)F)c1cc(Br)ccc1F. The van der Waals surface area contributed by atoms with Crippen LogP contribution in [0.2, 0.25) is 0 Å². The Morgan fingerprint density at radius 3 is 2.44 bits per heavy atom. The predicted molar refractivity (Wildman–Crippen MR) is 53.6 cm³/mol. The molecule has 1 rings (SSSR count). The first-order chi connectivity index (χ1) is 7.23. The molecule has 0 atom stereocenters. The minimum Gasteiger partial charge on any atom is -0.305 e. The van der Waals surface area contributed by atoms with E-state index in [-0.39, 0.29) is 4.90 Å².